The zero-order valence-electron chi connectivity index (χ0n) is 7.61. The Bertz CT molecular complexity index is 252. The van der Waals surface area contributed by atoms with E-state index in [-0.39, 0.29) is 6.54 Å². The molecule has 2 heterocycles. The molecule has 2 rings (SSSR count). The summed E-state index contributed by atoms with van der Waals surface area (Å²) < 4.78 is 30.6. The summed E-state index contributed by atoms with van der Waals surface area (Å²) in [6, 6.07) is 0. The Labute approximate surface area is 80.0 Å². The van der Waals surface area contributed by atoms with Crippen molar-refractivity contribution in [3.8, 4) is 0 Å². The number of hydrogen-bond acceptors (Lipinski definition) is 3. The summed E-state index contributed by atoms with van der Waals surface area (Å²) in [5.74, 6) is -1.33. The van der Waals surface area contributed by atoms with E-state index in [1.807, 2.05) is 0 Å². The normalized spacial score (nSPS) is 30.0. The van der Waals surface area contributed by atoms with Gasteiger partial charge in [-0.25, -0.2) is 0 Å². The number of piperidine rings is 1. The number of carbonyl (C=O) groups excluding carboxylic acids is 1. The summed E-state index contributed by atoms with van der Waals surface area (Å²) in [7, 11) is 0. The third kappa shape index (κ3) is 1.59. The third-order valence-corrected chi connectivity index (χ3v) is 2.69. The molecule has 0 aliphatic carbocycles. The molecule has 0 atom stereocenters. The highest BCUT2D eigenvalue weighted by atomic mass is 19.3. The molecular weight excluding hydrogens is 194 g/mol. The molecule has 2 N–H and O–H groups in total. The predicted octanol–water partition coefficient (Wildman–Crippen LogP) is -0.152. The fraction of sp³-hybridized carbons (Fsp3) is 0.875. The number of rotatable bonds is 0. The standard InChI is InChI=1S/C8H12F2N2O2/c9-8(10)6(13)12-5-7(14-8)1-3-11-4-2-7/h11H,1-5H2,(H,12,13). The van der Waals surface area contributed by atoms with Crippen LogP contribution in [0.5, 0.6) is 0 Å². The van der Waals surface area contributed by atoms with E-state index in [0.717, 1.165) is 0 Å². The van der Waals surface area contributed by atoms with Crippen LogP contribution < -0.4 is 10.6 Å². The molecule has 6 heteroatoms. The van der Waals surface area contributed by atoms with Gasteiger partial charge in [-0.2, -0.15) is 8.78 Å². The van der Waals surface area contributed by atoms with Gasteiger partial charge >= 0.3 is 12.0 Å². The van der Waals surface area contributed by atoms with Crippen molar-refractivity contribution >= 4 is 5.91 Å². The fourth-order valence-electron chi connectivity index (χ4n) is 1.86. The van der Waals surface area contributed by atoms with E-state index < -0.39 is 17.6 Å². The summed E-state index contributed by atoms with van der Waals surface area (Å²) in [4.78, 5) is 10.7. The second kappa shape index (κ2) is 3.13. The van der Waals surface area contributed by atoms with Crippen molar-refractivity contribution in [2.45, 2.75) is 24.6 Å². The molecule has 2 aliphatic heterocycles. The van der Waals surface area contributed by atoms with Crippen molar-refractivity contribution in [3.63, 3.8) is 0 Å². The molecule has 0 radical (unpaired) electrons. The Morgan fingerprint density at radius 3 is 2.50 bits per heavy atom. The SMILES string of the molecule is O=C1NCC2(CCNCC2)OC1(F)F. The second-order valence-electron chi connectivity index (χ2n) is 3.73. The van der Waals surface area contributed by atoms with E-state index in [1.165, 1.54) is 0 Å². The molecule has 0 bridgehead atoms. The topological polar surface area (TPSA) is 50.4 Å². The molecule has 1 amide bonds. The molecule has 0 aromatic carbocycles. The van der Waals surface area contributed by atoms with Crippen LogP contribution in [0.4, 0.5) is 8.78 Å². The first-order valence-electron chi connectivity index (χ1n) is 4.61. The van der Waals surface area contributed by atoms with Crippen molar-refractivity contribution < 1.29 is 18.3 Å². The summed E-state index contributed by atoms with van der Waals surface area (Å²) in [6.45, 7) is 1.47. The molecule has 2 aliphatic rings. The quantitative estimate of drug-likeness (QED) is 0.579. The Balaban J connectivity index is 2.11. The highest BCUT2D eigenvalue weighted by Crippen LogP contribution is 2.33. The molecule has 80 valence electrons. The summed E-state index contributed by atoms with van der Waals surface area (Å²) >= 11 is 0. The van der Waals surface area contributed by atoms with E-state index >= 15 is 0 Å². The van der Waals surface area contributed by atoms with Gasteiger partial charge in [0.25, 0.3) is 0 Å². The predicted molar refractivity (Wildman–Crippen MR) is 43.9 cm³/mol. The maximum atomic E-state index is 13.0. The Morgan fingerprint density at radius 1 is 1.29 bits per heavy atom. The fourth-order valence-corrected chi connectivity index (χ4v) is 1.86. The van der Waals surface area contributed by atoms with Gasteiger partial charge in [0.15, 0.2) is 0 Å². The number of morpholine rings is 1. The molecule has 1 spiro atoms. The van der Waals surface area contributed by atoms with Gasteiger partial charge in [-0.05, 0) is 25.9 Å². The monoisotopic (exact) mass is 206 g/mol. The van der Waals surface area contributed by atoms with E-state index in [9.17, 15) is 13.6 Å². The molecule has 14 heavy (non-hydrogen) atoms. The van der Waals surface area contributed by atoms with Crippen LogP contribution >= 0.6 is 0 Å². The highest BCUT2D eigenvalue weighted by Gasteiger charge is 2.53. The summed E-state index contributed by atoms with van der Waals surface area (Å²) in [6.07, 6.45) is -2.67. The minimum atomic E-state index is -3.67. The van der Waals surface area contributed by atoms with Crippen LogP contribution in [0.25, 0.3) is 0 Å². The third-order valence-electron chi connectivity index (χ3n) is 2.69. The van der Waals surface area contributed by atoms with Gasteiger partial charge in [0.1, 0.15) is 0 Å². The van der Waals surface area contributed by atoms with Crippen LogP contribution in [-0.2, 0) is 9.53 Å². The minimum Gasteiger partial charge on any atom is -0.346 e. The van der Waals surface area contributed by atoms with Gasteiger partial charge in [0, 0.05) is 6.54 Å². The van der Waals surface area contributed by atoms with Crippen LogP contribution in [0, 0.1) is 0 Å². The van der Waals surface area contributed by atoms with Crippen LogP contribution in [-0.4, -0.2) is 37.3 Å². The molecule has 2 fully saturated rings. The van der Waals surface area contributed by atoms with E-state index in [2.05, 4.69) is 15.4 Å². The molecule has 0 saturated carbocycles. The maximum Gasteiger partial charge on any atom is 0.437 e. The Morgan fingerprint density at radius 2 is 1.93 bits per heavy atom. The van der Waals surface area contributed by atoms with Crippen molar-refractivity contribution in [3.05, 3.63) is 0 Å². The average molecular weight is 206 g/mol. The van der Waals surface area contributed by atoms with Crippen molar-refractivity contribution in [2.75, 3.05) is 19.6 Å². The molecule has 0 aromatic rings. The second-order valence-corrected chi connectivity index (χ2v) is 3.73. The van der Waals surface area contributed by atoms with Gasteiger partial charge < -0.3 is 15.4 Å². The number of carbonyl (C=O) groups is 1. The number of hydrogen-bond donors (Lipinski definition) is 2. The number of alkyl halides is 2. The Hall–Kier alpha value is -0.750. The lowest BCUT2D eigenvalue weighted by Crippen LogP contribution is -2.62. The van der Waals surface area contributed by atoms with Crippen LogP contribution in [0.2, 0.25) is 0 Å². The Kier molecular flexibility index (Phi) is 2.19. The molecular formula is C8H12F2N2O2. The van der Waals surface area contributed by atoms with Crippen molar-refractivity contribution in [2.24, 2.45) is 0 Å². The zero-order chi connectivity index (χ0) is 10.2. The molecule has 0 aromatic heterocycles. The van der Waals surface area contributed by atoms with Gasteiger partial charge in [-0.3, -0.25) is 4.79 Å². The van der Waals surface area contributed by atoms with Crippen LogP contribution in [0.3, 0.4) is 0 Å². The largest absolute Gasteiger partial charge is 0.437 e. The van der Waals surface area contributed by atoms with Crippen LogP contribution in [0.1, 0.15) is 12.8 Å². The lowest BCUT2D eigenvalue weighted by Gasteiger charge is -2.42. The number of amides is 1. The summed E-state index contributed by atoms with van der Waals surface area (Å²) in [5, 5.41) is 5.25. The zero-order valence-corrected chi connectivity index (χ0v) is 7.61. The first-order chi connectivity index (χ1) is 6.54. The summed E-state index contributed by atoms with van der Waals surface area (Å²) in [5.41, 5.74) is -0.872. The van der Waals surface area contributed by atoms with E-state index in [1.54, 1.807) is 0 Å². The maximum absolute atomic E-state index is 13.0. The minimum absolute atomic E-state index is 0.184. The van der Waals surface area contributed by atoms with Gasteiger partial charge in [0.05, 0.1) is 5.60 Å². The van der Waals surface area contributed by atoms with Crippen molar-refractivity contribution in [1.82, 2.24) is 10.6 Å². The smallest absolute Gasteiger partial charge is 0.346 e. The first-order valence-corrected chi connectivity index (χ1v) is 4.61. The number of nitrogens with one attached hydrogen (secondary N) is 2. The van der Waals surface area contributed by atoms with Gasteiger partial charge in [-0.1, -0.05) is 0 Å². The van der Waals surface area contributed by atoms with E-state index in [0.29, 0.717) is 25.9 Å². The number of ether oxygens (including phenoxy) is 1. The number of halogens is 2. The lowest BCUT2D eigenvalue weighted by atomic mass is 9.91. The van der Waals surface area contributed by atoms with Gasteiger partial charge in [-0.15, -0.1) is 0 Å². The molecule has 4 nitrogen and oxygen atoms in total. The first kappa shape index (κ1) is 9.79. The average Bonchev–Trinajstić information content (AvgIpc) is 2.13. The molecule has 2 saturated heterocycles. The van der Waals surface area contributed by atoms with Gasteiger partial charge in [0.2, 0.25) is 0 Å². The van der Waals surface area contributed by atoms with Crippen molar-refractivity contribution in [1.29, 1.82) is 0 Å². The highest BCUT2D eigenvalue weighted by molar-refractivity contribution is 5.82. The van der Waals surface area contributed by atoms with E-state index in [4.69, 9.17) is 0 Å². The molecule has 0 unspecified atom stereocenters. The lowest BCUT2D eigenvalue weighted by molar-refractivity contribution is -0.295. The van der Waals surface area contributed by atoms with Crippen LogP contribution in [0.15, 0.2) is 0 Å².